The zero-order chi connectivity index (χ0) is 14.6. The third kappa shape index (κ3) is 1.94. The first-order chi connectivity index (χ1) is 10.1. The summed E-state index contributed by atoms with van der Waals surface area (Å²) < 4.78 is 5.14. The van der Waals surface area contributed by atoms with E-state index >= 15 is 0 Å². The van der Waals surface area contributed by atoms with Crippen LogP contribution in [0.25, 0.3) is 0 Å². The molecule has 21 heavy (non-hydrogen) atoms. The van der Waals surface area contributed by atoms with E-state index in [0.717, 1.165) is 38.0 Å². The number of hydrogen-bond acceptors (Lipinski definition) is 4. The molecule has 1 aliphatic carbocycles. The lowest BCUT2D eigenvalue weighted by Gasteiger charge is -2.32. The van der Waals surface area contributed by atoms with Crippen molar-refractivity contribution in [1.29, 1.82) is 0 Å². The van der Waals surface area contributed by atoms with Gasteiger partial charge >= 0.3 is 5.97 Å². The number of likely N-dealkylation sites (tertiary alicyclic amines) is 1. The number of carbonyl (C=O) groups excluding carboxylic acids is 2. The lowest BCUT2D eigenvalue weighted by molar-refractivity contribution is -0.138. The van der Waals surface area contributed by atoms with Gasteiger partial charge in [0.1, 0.15) is 6.61 Å². The third-order valence-corrected chi connectivity index (χ3v) is 5.70. The topological polar surface area (TPSA) is 58.6 Å². The molecule has 3 aliphatic heterocycles. The van der Waals surface area contributed by atoms with Crippen molar-refractivity contribution in [3.8, 4) is 0 Å². The Labute approximate surface area is 124 Å². The Morgan fingerprint density at radius 1 is 1.24 bits per heavy atom. The molecule has 2 saturated heterocycles. The third-order valence-electron chi connectivity index (χ3n) is 5.70. The largest absolute Gasteiger partial charge is 0.456 e. The monoisotopic (exact) mass is 290 g/mol. The lowest BCUT2D eigenvalue weighted by atomic mass is 9.76. The predicted octanol–water partition coefficient (Wildman–Crippen LogP) is 1.20. The highest BCUT2D eigenvalue weighted by Gasteiger charge is 2.56. The number of cyclic esters (lactones) is 1. The van der Waals surface area contributed by atoms with E-state index in [1.807, 2.05) is 4.90 Å². The Kier molecular flexibility index (Phi) is 2.89. The molecule has 0 bridgehead atoms. The maximum Gasteiger partial charge on any atom is 0.336 e. The highest BCUT2D eigenvalue weighted by molar-refractivity contribution is 5.94. The van der Waals surface area contributed by atoms with Crippen LogP contribution in [0, 0.1) is 11.3 Å². The summed E-state index contributed by atoms with van der Waals surface area (Å²) in [5.41, 5.74) is 1.26. The Balaban J connectivity index is 1.70. The molecule has 114 valence electrons. The Hall–Kier alpha value is -1.36. The fraction of sp³-hybridized carbons (Fsp3) is 0.750. The lowest BCUT2D eigenvalue weighted by Crippen LogP contribution is -2.43. The van der Waals surface area contributed by atoms with Crippen LogP contribution < -0.4 is 5.32 Å². The van der Waals surface area contributed by atoms with E-state index in [1.165, 1.54) is 12.8 Å². The van der Waals surface area contributed by atoms with Crippen LogP contribution in [0.5, 0.6) is 0 Å². The van der Waals surface area contributed by atoms with Gasteiger partial charge in [-0.3, -0.25) is 4.79 Å². The molecule has 1 atom stereocenters. The Bertz CT molecular complexity index is 530. The minimum absolute atomic E-state index is 0.197. The van der Waals surface area contributed by atoms with Crippen LogP contribution >= 0.6 is 0 Å². The van der Waals surface area contributed by atoms with Crippen molar-refractivity contribution in [2.24, 2.45) is 11.3 Å². The molecule has 4 rings (SSSR count). The summed E-state index contributed by atoms with van der Waals surface area (Å²) in [5.74, 6) is 0.603. The van der Waals surface area contributed by atoms with Crippen molar-refractivity contribution in [2.45, 2.75) is 45.1 Å². The molecule has 1 unspecified atom stereocenters. The molecule has 4 aliphatic rings. The molecule has 5 heteroatoms. The second-order valence-electron chi connectivity index (χ2n) is 6.96. The van der Waals surface area contributed by atoms with Gasteiger partial charge in [0, 0.05) is 6.04 Å². The zero-order valence-electron chi connectivity index (χ0n) is 12.5. The van der Waals surface area contributed by atoms with Crippen LogP contribution in [-0.2, 0) is 14.3 Å². The minimum Gasteiger partial charge on any atom is -0.456 e. The smallest absolute Gasteiger partial charge is 0.336 e. The zero-order valence-corrected chi connectivity index (χ0v) is 12.5. The first-order valence-corrected chi connectivity index (χ1v) is 8.04. The highest BCUT2D eigenvalue weighted by Crippen LogP contribution is 2.52. The fourth-order valence-electron chi connectivity index (χ4n) is 4.21. The van der Waals surface area contributed by atoms with E-state index < -0.39 is 0 Å². The van der Waals surface area contributed by atoms with Crippen LogP contribution in [0.4, 0.5) is 0 Å². The SMILES string of the molecule is CC1=C(N2C(=O)C3(CCNCC3)CC2C2CC2)COC1=O. The predicted molar refractivity (Wildman–Crippen MR) is 76.2 cm³/mol. The minimum atomic E-state index is -0.265. The van der Waals surface area contributed by atoms with Crippen molar-refractivity contribution in [2.75, 3.05) is 19.7 Å². The maximum absolute atomic E-state index is 13.2. The first kappa shape index (κ1) is 13.3. The van der Waals surface area contributed by atoms with Crippen LogP contribution in [0.2, 0.25) is 0 Å². The summed E-state index contributed by atoms with van der Waals surface area (Å²) >= 11 is 0. The van der Waals surface area contributed by atoms with Gasteiger partial charge in [0.25, 0.3) is 0 Å². The van der Waals surface area contributed by atoms with Crippen LogP contribution in [-0.4, -0.2) is 42.5 Å². The average Bonchev–Trinajstić information content (AvgIpc) is 3.24. The van der Waals surface area contributed by atoms with E-state index in [-0.39, 0.29) is 29.9 Å². The standard InChI is InChI=1S/C16H22N2O3/c1-10-13(9-21-14(10)19)18-12(11-2-3-11)8-16(15(18)20)4-6-17-7-5-16/h11-12,17H,2-9H2,1H3. The van der Waals surface area contributed by atoms with Crippen molar-refractivity contribution in [1.82, 2.24) is 10.2 Å². The van der Waals surface area contributed by atoms with E-state index in [4.69, 9.17) is 4.74 Å². The number of hydrogen-bond donors (Lipinski definition) is 1. The number of rotatable bonds is 2. The second-order valence-corrected chi connectivity index (χ2v) is 6.96. The number of nitrogens with zero attached hydrogens (tertiary/aromatic N) is 1. The van der Waals surface area contributed by atoms with Crippen molar-refractivity contribution in [3.63, 3.8) is 0 Å². The summed E-state index contributed by atoms with van der Waals surface area (Å²) in [6.07, 6.45) is 5.23. The second kappa shape index (κ2) is 4.57. The van der Waals surface area contributed by atoms with Gasteiger partial charge in [-0.1, -0.05) is 0 Å². The van der Waals surface area contributed by atoms with E-state index in [0.29, 0.717) is 11.5 Å². The average molecular weight is 290 g/mol. The molecule has 0 aromatic rings. The van der Waals surface area contributed by atoms with Gasteiger partial charge in [-0.2, -0.15) is 0 Å². The number of amides is 1. The number of carbonyl (C=O) groups is 2. The number of piperidine rings is 1. The molecule has 5 nitrogen and oxygen atoms in total. The molecule has 1 spiro atoms. The first-order valence-electron chi connectivity index (χ1n) is 8.04. The van der Waals surface area contributed by atoms with Gasteiger partial charge in [-0.15, -0.1) is 0 Å². The quantitative estimate of drug-likeness (QED) is 0.776. The van der Waals surface area contributed by atoms with Gasteiger partial charge in [0.15, 0.2) is 0 Å². The molecule has 0 aromatic carbocycles. The van der Waals surface area contributed by atoms with E-state index in [1.54, 1.807) is 6.92 Å². The van der Waals surface area contributed by atoms with Gasteiger partial charge in [0.05, 0.1) is 16.7 Å². The van der Waals surface area contributed by atoms with Crippen molar-refractivity contribution >= 4 is 11.9 Å². The van der Waals surface area contributed by atoms with Gasteiger partial charge in [-0.05, 0) is 58.0 Å². The summed E-state index contributed by atoms with van der Waals surface area (Å²) in [6, 6.07) is 0.287. The van der Waals surface area contributed by atoms with Gasteiger partial charge in [-0.25, -0.2) is 4.79 Å². The van der Waals surface area contributed by atoms with Crippen molar-refractivity contribution < 1.29 is 14.3 Å². The number of nitrogens with one attached hydrogen (secondary N) is 1. The van der Waals surface area contributed by atoms with E-state index in [9.17, 15) is 9.59 Å². The summed E-state index contributed by atoms with van der Waals surface area (Å²) in [5, 5.41) is 3.35. The highest BCUT2D eigenvalue weighted by atomic mass is 16.5. The molecule has 1 N–H and O–H groups in total. The molecule has 3 fully saturated rings. The van der Waals surface area contributed by atoms with E-state index in [2.05, 4.69) is 5.32 Å². The Morgan fingerprint density at radius 2 is 1.95 bits per heavy atom. The molecular formula is C16H22N2O3. The molecular weight excluding hydrogens is 268 g/mol. The summed E-state index contributed by atoms with van der Waals surface area (Å²) in [6.45, 7) is 3.90. The van der Waals surface area contributed by atoms with Gasteiger partial charge < -0.3 is 15.0 Å². The van der Waals surface area contributed by atoms with Crippen LogP contribution in [0.1, 0.15) is 39.0 Å². The Morgan fingerprint density at radius 3 is 2.52 bits per heavy atom. The normalized spacial score (nSPS) is 32.2. The maximum atomic E-state index is 13.2. The van der Waals surface area contributed by atoms with Crippen LogP contribution in [0.3, 0.4) is 0 Å². The fourth-order valence-corrected chi connectivity index (χ4v) is 4.21. The summed E-state index contributed by atoms with van der Waals surface area (Å²) in [4.78, 5) is 26.8. The summed E-state index contributed by atoms with van der Waals surface area (Å²) in [7, 11) is 0. The molecule has 0 radical (unpaired) electrons. The van der Waals surface area contributed by atoms with Gasteiger partial charge in [0.2, 0.25) is 5.91 Å². The number of ether oxygens (including phenoxy) is 1. The van der Waals surface area contributed by atoms with Crippen molar-refractivity contribution in [3.05, 3.63) is 11.3 Å². The molecule has 3 heterocycles. The number of esters is 1. The molecule has 0 aromatic heterocycles. The molecule has 1 saturated carbocycles. The molecule has 1 amide bonds. The van der Waals surface area contributed by atoms with Crippen LogP contribution in [0.15, 0.2) is 11.3 Å².